The molecule has 1 aromatic carbocycles. The van der Waals surface area contributed by atoms with Crippen LogP contribution in [0.1, 0.15) is 29.3 Å². The summed E-state index contributed by atoms with van der Waals surface area (Å²) < 4.78 is 10.5. The average Bonchev–Trinajstić information content (AvgIpc) is 2.28. The molecule has 1 aliphatic heterocycles. The molecule has 15 heavy (non-hydrogen) atoms. The monoisotopic (exact) mass is 206 g/mol. The van der Waals surface area contributed by atoms with Crippen LogP contribution in [0.15, 0.2) is 18.2 Å². The first-order valence-electron chi connectivity index (χ1n) is 5.24. The molecule has 0 radical (unpaired) electrons. The molecule has 0 saturated heterocycles. The molecular formula is C12H14O3. The van der Waals surface area contributed by atoms with Gasteiger partial charge < -0.3 is 9.47 Å². The first-order valence-corrected chi connectivity index (χ1v) is 5.24. The molecule has 0 aliphatic carbocycles. The van der Waals surface area contributed by atoms with Crippen molar-refractivity contribution in [1.82, 2.24) is 0 Å². The third kappa shape index (κ3) is 1.96. The van der Waals surface area contributed by atoms with E-state index in [-0.39, 0.29) is 5.97 Å². The summed E-state index contributed by atoms with van der Waals surface area (Å²) in [6.45, 7) is 2.88. The van der Waals surface area contributed by atoms with Crippen LogP contribution in [0.2, 0.25) is 0 Å². The van der Waals surface area contributed by atoms with Gasteiger partial charge in [0.05, 0.1) is 13.2 Å². The Morgan fingerprint density at radius 1 is 1.53 bits per heavy atom. The van der Waals surface area contributed by atoms with Crippen LogP contribution in [0.25, 0.3) is 0 Å². The second kappa shape index (κ2) is 4.34. The van der Waals surface area contributed by atoms with E-state index in [2.05, 4.69) is 0 Å². The largest absolute Gasteiger partial charge is 0.492 e. The molecule has 2 rings (SSSR count). The maximum absolute atomic E-state index is 11.6. The van der Waals surface area contributed by atoms with E-state index in [0.717, 1.165) is 18.4 Å². The Kier molecular flexibility index (Phi) is 2.90. The number of para-hydroxylation sites is 1. The zero-order chi connectivity index (χ0) is 10.7. The van der Waals surface area contributed by atoms with Crippen LogP contribution in [0, 0.1) is 0 Å². The number of hydrogen-bond acceptors (Lipinski definition) is 3. The minimum absolute atomic E-state index is 0.295. The smallest absolute Gasteiger partial charge is 0.341 e. The van der Waals surface area contributed by atoms with E-state index in [1.807, 2.05) is 12.1 Å². The van der Waals surface area contributed by atoms with Crippen molar-refractivity contribution in [2.75, 3.05) is 13.2 Å². The number of fused-ring (bicyclic) bond motifs is 1. The van der Waals surface area contributed by atoms with Gasteiger partial charge in [-0.3, -0.25) is 0 Å². The summed E-state index contributed by atoms with van der Waals surface area (Å²) in [5, 5.41) is 0. The minimum atomic E-state index is -0.295. The van der Waals surface area contributed by atoms with Gasteiger partial charge in [-0.05, 0) is 31.4 Å². The lowest BCUT2D eigenvalue weighted by Gasteiger charge is -2.19. The fraction of sp³-hybridized carbons (Fsp3) is 0.417. The van der Waals surface area contributed by atoms with Crippen LogP contribution in [0.5, 0.6) is 5.75 Å². The van der Waals surface area contributed by atoms with Crippen LogP contribution in [0.3, 0.4) is 0 Å². The van der Waals surface area contributed by atoms with Gasteiger partial charge in [-0.2, -0.15) is 0 Å². The van der Waals surface area contributed by atoms with Crippen LogP contribution < -0.4 is 4.74 Å². The lowest BCUT2D eigenvalue weighted by atomic mass is 10.0. The number of carbonyl (C=O) groups is 1. The second-order valence-electron chi connectivity index (χ2n) is 3.47. The molecular weight excluding hydrogens is 192 g/mol. The molecule has 1 aliphatic rings. The first kappa shape index (κ1) is 10.0. The van der Waals surface area contributed by atoms with E-state index in [9.17, 15) is 4.79 Å². The predicted octanol–water partition coefficient (Wildman–Crippen LogP) is 2.19. The second-order valence-corrected chi connectivity index (χ2v) is 3.47. The Balaban J connectivity index is 2.34. The SMILES string of the molecule is CCOC(=O)c1cccc2c1OCCC2. The minimum Gasteiger partial charge on any atom is -0.492 e. The van der Waals surface area contributed by atoms with Gasteiger partial charge in [0.2, 0.25) is 0 Å². The van der Waals surface area contributed by atoms with Crippen LogP contribution >= 0.6 is 0 Å². The van der Waals surface area contributed by atoms with Crippen molar-refractivity contribution in [2.45, 2.75) is 19.8 Å². The van der Waals surface area contributed by atoms with Gasteiger partial charge in [-0.15, -0.1) is 0 Å². The molecule has 0 spiro atoms. The summed E-state index contributed by atoms with van der Waals surface area (Å²) in [4.78, 5) is 11.6. The topological polar surface area (TPSA) is 35.5 Å². The van der Waals surface area contributed by atoms with Crippen molar-refractivity contribution in [3.05, 3.63) is 29.3 Å². The number of aryl methyl sites for hydroxylation is 1. The van der Waals surface area contributed by atoms with Gasteiger partial charge in [0, 0.05) is 0 Å². The van der Waals surface area contributed by atoms with Crippen LogP contribution in [0.4, 0.5) is 0 Å². The lowest BCUT2D eigenvalue weighted by Crippen LogP contribution is -2.14. The number of benzene rings is 1. The van der Waals surface area contributed by atoms with E-state index in [1.54, 1.807) is 13.0 Å². The summed E-state index contributed by atoms with van der Waals surface area (Å²) >= 11 is 0. The molecule has 0 atom stereocenters. The van der Waals surface area contributed by atoms with Gasteiger partial charge in [0.1, 0.15) is 11.3 Å². The molecule has 1 aromatic rings. The van der Waals surface area contributed by atoms with Crippen molar-refractivity contribution in [2.24, 2.45) is 0 Å². The highest BCUT2D eigenvalue weighted by atomic mass is 16.5. The zero-order valence-corrected chi connectivity index (χ0v) is 8.79. The molecule has 0 saturated carbocycles. The molecule has 3 nitrogen and oxygen atoms in total. The van der Waals surface area contributed by atoms with E-state index in [0.29, 0.717) is 24.5 Å². The molecule has 0 aromatic heterocycles. The van der Waals surface area contributed by atoms with E-state index in [4.69, 9.17) is 9.47 Å². The van der Waals surface area contributed by atoms with Gasteiger partial charge in [0.25, 0.3) is 0 Å². The lowest BCUT2D eigenvalue weighted by molar-refractivity contribution is 0.0520. The van der Waals surface area contributed by atoms with E-state index in [1.165, 1.54) is 0 Å². The summed E-state index contributed by atoms with van der Waals surface area (Å²) in [7, 11) is 0. The summed E-state index contributed by atoms with van der Waals surface area (Å²) in [6.07, 6.45) is 1.99. The van der Waals surface area contributed by atoms with E-state index >= 15 is 0 Å². The Labute approximate surface area is 89.0 Å². The maximum atomic E-state index is 11.6. The Hall–Kier alpha value is -1.51. The molecule has 0 unspecified atom stereocenters. The number of hydrogen-bond donors (Lipinski definition) is 0. The zero-order valence-electron chi connectivity index (χ0n) is 8.79. The number of ether oxygens (including phenoxy) is 2. The highest BCUT2D eigenvalue weighted by molar-refractivity contribution is 5.93. The molecule has 0 fully saturated rings. The summed E-state index contributed by atoms with van der Waals surface area (Å²) in [6, 6.07) is 5.62. The number of rotatable bonds is 2. The Morgan fingerprint density at radius 3 is 3.20 bits per heavy atom. The van der Waals surface area contributed by atoms with Gasteiger partial charge in [-0.25, -0.2) is 4.79 Å². The predicted molar refractivity (Wildman–Crippen MR) is 56.2 cm³/mol. The van der Waals surface area contributed by atoms with Crippen LogP contribution in [-0.4, -0.2) is 19.2 Å². The molecule has 1 heterocycles. The fourth-order valence-corrected chi connectivity index (χ4v) is 1.76. The molecule has 0 N–H and O–H groups in total. The van der Waals surface area contributed by atoms with Crippen molar-refractivity contribution in [3.63, 3.8) is 0 Å². The third-order valence-corrected chi connectivity index (χ3v) is 2.43. The number of esters is 1. The van der Waals surface area contributed by atoms with Gasteiger partial charge in [0.15, 0.2) is 0 Å². The molecule has 3 heteroatoms. The average molecular weight is 206 g/mol. The normalized spacial score (nSPS) is 13.9. The molecule has 0 bridgehead atoms. The Morgan fingerprint density at radius 2 is 2.40 bits per heavy atom. The maximum Gasteiger partial charge on any atom is 0.341 e. The van der Waals surface area contributed by atoms with Crippen molar-refractivity contribution in [1.29, 1.82) is 0 Å². The molecule has 0 amide bonds. The first-order chi connectivity index (χ1) is 7.33. The number of carbonyl (C=O) groups excluding carboxylic acids is 1. The van der Waals surface area contributed by atoms with E-state index < -0.39 is 0 Å². The van der Waals surface area contributed by atoms with Crippen molar-refractivity contribution in [3.8, 4) is 5.75 Å². The highest BCUT2D eigenvalue weighted by Crippen LogP contribution is 2.29. The van der Waals surface area contributed by atoms with Gasteiger partial charge >= 0.3 is 5.97 Å². The van der Waals surface area contributed by atoms with Gasteiger partial charge in [-0.1, -0.05) is 12.1 Å². The standard InChI is InChI=1S/C12H14O3/c1-2-14-12(13)10-7-3-5-9-6-4-8-15-11(9)10/h3,5,7H,2,4,6,8H2,1H3. The fourth-order valence-electron chi connectivity index (χ4n) is 1.76. The summed E-state index contributed by atoms with van der Waals surface area (Å²) in [5.74, 6) is 0.415. The quantitative estimate of drug-likeness (QED) is 0.696. The summed E-state index contributed by atoms with van der Waals surface area (Å²) in [5.41, 5.74) is 1.65. The van der Waals surface area contributed by atoms with Crippen molar-refractivity contribution < 1.29 is 14.3 Å². The van der Waals surface area contributed by atoms with Crippen LogP contribution in [-0.2, 0) is 11.2 Å². The Bertz CT molecular complexity index is 371. The third-order valence-electron chi connectivity index (χ3n) is 2.43. The molecule has 80 valence electrons. The highest BCUT2D eigenvalue weighted by Gasteiger charge is 2.19. The van der Waals surface area contributed by atoms with Crippen molar-refractivity contribution >= 4 is 5.97 Å².